The van der Waals surface area contributed by atoms with Crippen molar-refractivity contribution in [1.82, 2.24) is 9.55 Å². The number of hydrogen-bond donors (Lipinski definition) is 3. The summed E-state index contributed by atoms with van der Waals surface area (Å²) in [6.45, 7) is -0.411. The topological polar surface area (TPSA) is 111 Å². The number of nitrogens with two attached hydrogens (primary N) is 1. The maximum atomic E-state index is 11.5. The molecule has 0 bridgehead atoms. The lowest BCUT2D eigenvalue weighted by Gasteiger charge is -2.16. The van der Waals surface area contributed by atoms with Crippen LogP contribution in [0.1, 0.15) is 12.6 Å². The molecule has 1 aliphatic heterocycles. The highest BCUT2D eigenvalue weighted by Crippen LogP contribution is 2.29. The van der Waals surface area contributed by atoms with Gasteiger partial charge in [-0.2, -0.15) is 4.98 Å². The van der Waals surface area contributed by atoms with Crippen molar-refractivity contribution >= 4 is 5.82 Å². The van der Waals surface area contributed by atoms with Gasteiger partial charge in [-0.3, -0.25) is 4.57 Å². The van der Waals surface area contributed by atoms with E-state index in [-0.39, 0.29) is 18.8 Å². The fourth-order valence-corrected chi connectivity index (χ4v) is 1.63. The molecule has 0 amide bonds. The molecule has 1 aromatic heterocycles. The third-order valence-corrected chi connectivity index (χ3v) is 2.56. The van der Waals surface area contributed by atoms with Crippen LogP contribution in [-0.2, 0) is 4.74 Å². The van der Waals surface area contributed by atoms with Crippen LogP contribution in [0.3, 0.4) is 0 Å². The molecule has 7 heteroatoms. The molecule has 4 N–H and O–H groups in total. The largest absolute Gasteiger partial charge is 0.393 e. The van der Waals surface area contributed by atoms with E-state index in [9.17, 15) is 9.90 Å². The van der Waals surface area contributed by atoms with E-state index in [0.717, 1.165) is 0 Å². The van der Waals surface area contributed by atoms with Crippen LogP contribution >= 0.6 is 0 Å². The van der Waals surface area contributed by atoms with Crippen molar-refractivity contribution in [3.05, 3.63) is 22.7 Å². The normalized spacial score (nSPS) is 29.5. The Hall–Kier alpha value is -1.44. The number of rotatable bonds is 2. The van der Waals surface area contributed by atoms with E-state index in [1.54, 1.807) is 0 Å². The summed E-state index contributed by atoms with van der Waals surface area (Å²) in [6.07, 6.45) is 0.991. The zero-order valence-electron chi connectivity index (χ0n) is 8.54. The summed E-state index contributed by atoms with van der Waals surface area (Å²) in [5, 5.41) is 18.7. The maximum Gasteiger partial charge on any atom is 0.351 e. The Bertz CT molecular complexity index is 447. The molecule has 88 valence electrons. The average Bonchev–Trinajstić information content (AvgIpc) is 2.62. The van der Waals surface area contributed by atoms with E-state index in [2.05, 4.69) is 4.98 Å². The van der Waals surface area contributed by atoms with E-state index in [1.807, 2.05) is 0 Å². The van der Waals surface area contributed by atoms with Crippen molar-refractivity contribution < 1.29 is 14.9 Å². The van der Waals surface area contributed by atoms with Crippen LogP contribution in [0.25, 0.3) is 0 Å². The number of aliphatic hydroxyl groups is 2. The zero-order chi connectivity index (χ0) is 11.8. The van der Waals surface area contributed by atoms with Crippen LogP contribution in [0.4, 0.5) is 5.82 Å². The predicted octanol–water partition coefficient (Wildman–Crippen LogP) is -1.53. The van der Waals surface area contributed by atoms with E-state index in [4.69, 9.17) is 15.6 Å². The van der Waals surface area contributed by atoms with Gasteiger partial charge in [0.05, 0.1) is 13.2 Å². The van der Waals surface area contributed by atoms with Gasteiger partial charge >= 0.3 is 5.69 Å². The Kier molecular flexibility index (Phi) is 2.66. The first kappa shape index (κ1) is 11.1. The second-order valence-corrected chi connectivity index (χ2v) is 3.89. The van der Waals surface area contributed by atoms with Crippen LogP contribution in [0.5, 0.6) is 0 Å². The molecule has 0 saturated carbocycles. The summed E-state index contributed by atoms with van der Waals surface area (Å²) in [6, 6.07) is 1.47. The Morgan fingerprint density at radius 2 is 2.50 bits per heavy atom. The van der Waals surface area contributed by atoms with Gasteiger partial charge in [0.2, 0.25) is 0 Å². The number of aromatic nitrogens is 2. The van der Waals surface area contributed by atoms with Gasteiger partial charge in [-0.05, 0) is 6.07 Å². The summed E-state index contributed by atoms with van der Waals surface area (Å²) in [7, 11) is 0. The van der Waals surface area contributed by atoms with Gasteiger partial charge in [-0.25, -0.2) is 4.79 Å². The monoisotopic (exact) mass is 227 g/mol. The Morgan fingerprint density at radius 1 is 1.75 bits per heavy atom. The minimum absolute atomic E-state index is 0.00895. The fraction of sp³-hybridized carbons (Fsp3) is 0.556. The van der Waals surface area contributed by atoms with Crippen LogP contribution < -0.4 is 11.4 Å². The lowest BCUT2D eigenvalue weighted by atomic mass is 10.0. The highest BCUT2D eigenvalue weighted by Gasteiger charge is 2.39. The maximum absolute atomic E-state index is 11.5. The number of anilines is 1. The molecular weight excluding hydrogens is 214 g/mol. The van der Waals surface area contributed by atoms with Crippen molar-refractivity contribution in [2.24, 2.45) is 0 Å². The standard InChI is InChI=1S/C9H13N3O4/c10-6-1-2-12(8(14)11-6)7-3-9(15,4-13)5-16-7/h1-2,7,13,15H,3-5H2,(H2,10,11,14)/t7-,9-/m0/s1. The van der Waals surface area contributed by atoms with Crippen molar-refractivity contribution in [2.45, 2.75) is 18.2 Å². The molecule has 1 aromatic rings. The molecule has 0 aromatic carbocycles. The number of ether oxygens (including phenoxy) is 1. The highest BCUT2D eigenvalue weighted by atomic mass is 16.5. The van der Waals surface area contributed by atoms with E-state index in [0.29, 0.717) is 0 Å². The Balaban J connectivity index is 2.24. The van der Waals surface area contributed by atoms with Gasteiger partial charge in [-0.15, -0.1) is 0 Å². The second-order valence-electron chi connectivity index (χ2n) is 3.89. The molecule has 0 spiro atoms. The minimum atomic E-state index is -1.29. The van der Waals surface area contributed by atoms with Gasteiger partial charge in [0.1, 0.15) is 17.6 Å². The van der Waals surface area contributed by atoms with E-state index < -0.39 is 24.1 Å². The van der Waals surface area contributed by atoms with E-state index in [1.165, 1.54) is 16.8 Å². The van der Waals surface area contributed by atoms with Crippen molar-refractivity contribution in [1.29, 1.82) is 0 Å². The number of nitrogens with zero attached hydrogens (tertiary/aromatic N) is 2. The van der Waals surface area contributed by atoms with Crippen LogP contribution in [-0.4, -0.2) is 38.6 Å². The lowest BCUT2D eigenvalue weighted by molar-refractivity contribution is -0.0239. The molecule has 1 aliphatic rings. The molecule has 0 unspecified atom stereocenters. The summed E-state index contributed by atoms with van der Waals surface area (Å²) < 4.78 is 6.48. The lowest BCUT2D eigenvalue weighted by Crippen LogP contribution is -2.34. The van der Waals surface area contributed by atoms with Crippen LogP contribution in [0.15, 0.2) is 17.1 Å². The second kappa shape index (κ2) is 3.85. The quantitative estimate of drug-likeness (QED) is 0.565. The van der Waals surface area contributed by atoms with Crippen molar-refractivity contribution in [3.63, 3.8) is 0 Å². The first-order valence-corrected chi connectivity index (χ1v) is 4.84. The van der Waals surface area contributed by atoms with Crippen molar-refractivity contribution in [2.75, 3.05) is 18.9 Å². The minimum Gasteiger partial charge on any atom is -0.393 e. The molecule has 1 saturated heterocycles. The number of hydrogen-bond acceptors (Lipinski definition) is 6. The van der Waals surface area contributed by atoms with Gasteiger partial charge in [0.25, 0.3) is 0 Å². The van der Waals surface area contributed by atoms with Crippen molar-refractivity contribution in [3.8, 4) is 0 Å². The molecule has 2 atom stereocenters. The van der Waals surface area contributed by atoms with Gasteiger partial charge in [0.15, 0.2) is 0 Å². The average molecular weight is 227 g/mol. The SMILES string of the molecule is Nc1ccn([C@@H]2C[C@](O)(CO)CO2)c(=O)n1. The molecule has 2 heterocycles. The van der Waals surface area contributed by atoms with Crippen LogP contribution in [0, 0.1) is 0 Å². The first-order chi connectivity index (χ1) is 7.54. The molecule has 7 nitrogen and oxygen atoms in total. The summed E-state index contributed by atoms with van der Waals surface area (Å²) in [5.41, 5.74) is 3.53. The summed E-state index contributed by atoms with van der Waals surface area (Å²) in [4.78, 5) is 15.0. The van der Waals surface area contributed by atoms with E-state index >= 15 is 0 Å². The van der Waals surface area contributed by atoms with Crippen LogP contribution in [0.2, 0.25) is 0 Å². The third kappa shape index (κ3) is 1.92. The summed E-state index contributed by atoms with van der Waals surface area (Å²) >= 11 is 0. The Labute approximate surface area is 91.1 Å². The number of nitrogen functional groups attached to an aromatic ring is 1. The zero-order valence-corrected chi connectivity index (χ0v) is 8.54. The molecule has 16 heavy (non-hydrogen) atoms. The molecule has 1 fully saturated rings. The first-order valence-electron chi connectivity index (χ1n) is 4.84. The number of aliphatic hydroxyl groups excluding tert-OH is 1. The van der Waals surface area contributed by atoms with Gasteiger partial charge in [0, 0.05) is 12.6 Å². The molecule has 2 rings (SSSR count). The third-order valence-electron chi connectivity index (χ3n) is 2.56. The highest BCUT2D eigenvalue weighted by molar-refractivity contribution is 5.23. The Morgan fingerprint density at radius 3 is 3.06 bits per heavy atom. The van der Waals surface area contributed by atoms with Gasteiger partial charge < -0.3 is 20.7 Å². The molecule has 0 radical (unpaired) electrons. The molecular formula is C9H13N3O4. The smallest absolute Gasteiger partial charge is 0.351 e. The summed E-state index contributed by atoms with van der Waals surface area (Å²) in [5.74, 6) is 0.136. The predicted molar refractivity (Wildman–Crippen MR) is 54.6 cm³/mol. The van der Waals surface area contributed by atoms with Gasteiger partial charge in [-0.1, -0.05) is 0 Å². The molecule has 0 aliphatic carbocycles. The fourth-order valence-electron chi connectivity index (χ4n) is 1.63.